The second kappa shape index (κ2) is 6.63. The van der Waals surface area contributed by atoms with Gasteiger partial charge in [0, 0.05) is 25.2 Å². The van der Waals surface area contributed by atoms with Gasteiger partial charge in [-0.1, -0.05) is 0 Å². The highest BCUT2D eigenvalue weighted by atomic mass is 31.2. The van der Waals surface area contributed by atoms with E-state index >= 15 is 0 Å². The molecule has 0 aromatic heterocycles. The Morgan fingerprint density at radius 2 is 2.38 bits per heavy atom. The SMILES string of the molecule is C/C(=C/N(C)C1C=C2N([NH2+]N)C2(OCP(=O)(O)O)C1)C(=O)NC=O. The van der Waals surface area contributed by atoms with Crippen LogP contribution in [0.15, 0.2) is 23.5 Å². The molecule has 0 spiro atoms. The normalized spacial score (nSPS) is 25.9. The number of quaternary nitrogens is 1. The molecular weight excluding hydrogens is 341 g/mol. The molecule has 2 atom stereocenters. The second-order valence-electron chi connectivity index (χ2n) is 5.63. The maximum absolute atomic E-state index is 11.5. The van der Waals surface area contributed by atoms with Crippen molar-refractivity contribution in [3.63, 3.8) is 0 Å². The van der Waals surface area contributed by atoms with Gasteiger partial charge in [0.05, 0.1) is 6.04 Å². The lowest BCUT2D eigenvalue weighted by Gasteiger charge is -2.26. The van der Waals surface area contributed by atoms with Gasteiger partial charge >= 0.3 is 7.60 Å². The first-order valence-corrected chi connectivity index (χ1v) is 8.84. The van der Waals surface area contributed by atoms with Crippen molar-refractivity contribution in [1.29, 1.82) is 0 Å². The minimum absolute atomic E-state index is 0.146. The lowest BCUT2D eigenvalue weighted by atomic mass is 10.2. The Morgan fingerprint density at radius 1 is 1.71 bits per heavy atom. The van der Waals surface area contributed by atoms with Crippen molar-refractivity contribution in [1.82, 2.24) is 15.2 Å². The largest absolute Gasteiger partial charge is 0.373 e. The number of fused-ring (bicyclic) bond motifs is 1. The summed E-state index contributed by atoms with van der Waals surface area (Å²) in [7, 11) is -2.55. The number of nitrogens with two attached hydrogens (primary N) is 2. The number of nitrogens with one attached hydrogen (secondary N) is 1. The van der Waals surface area contributed by atoms with E-state index in [4.69, 9.17) is 20.4 Å². The zero-order valence-electron chi connectivity index (χ0n) is 13.2. The van der Waals surface area contributed by atoms with E-state index in [1.54, 1.807) is 30.1 Å². The van der Waals surface area contributed by atoms with Crippen LogP contribution in [-0.2, 0) is 18.9 Å². The maximum Gasteiger partial charge on any atom is 0.351 e. The number of ether oxygens (including phenoxy) is 1. The first kappa shape index (κ1) is 18.6. The summed E-state index contributed by atoms with van der Waals surface area (Å²) in [5.41, 5.74) is 1.41. The van der Waals surface area contributed by atoms with Gasteiger partial charge in [0.2, 0.25) is 12.1 Å². The maximum atomic E-state index is 11.5. The minimum atomic E-state index is -4.30. The molecule has 2 aliphatic rings. The molecule has 0 aromatic carbocycles. The molecule has 1 fully saturated rings. The summed E-state index contributed by atoms with van der Waals surface area (Å²) in [4.78, 5) is 41.6. The van der Waals surface area contributed by atoms with Crippen LogP contribution in [0.3, 0.4) is 0 Å². The number of hydrogen-bond acceptors (Lipinski definition) is 7. The number of hydrogen-bond donors (Lipinski definition) is 5. The van der Waals surface area contributed by atoms with Crippen LogP contribution in [0.2, 0.25) is 0 Å². The Balaban J connectivity index is 2.06. The predicted molar refractivity (Wildman–Crippen MR) is 80.9 cm³/mol. The number of likely N-dealkylation sites (N-methyl/N-ethyl adjacent to an activating group) is 1. The number of rotatable bonds is 8. The van der Waals surface area contributed by atoms with Gasteiger partial charge < -0.3 is 19.4 Å². The first-order chi connectivity index (χ1) is 11.1. The Kier molecular flexibility index (Phi) is 5.14. The summed E-state index contributed by atoms with van der Waals surface area (Å²) < 4.78 is 16.5. The molecule has 12 heteroatoms. The molecule has 24 heavy (non-hydrogen) atoms. The molecule has 1 aliphatic carbocycles. The number of imide groups is 1. The van der Waals surface area contributed by atoms with Gasteiger partial charge in [0.25, 0.3) is 5.91 Å². The molecule has 0 aromatic rings. The van der Waals surface area contributed by atoms with Gasteiger partial charge in [-0.3, -0.25) is 19.5 Å². The van der Waals surface area contributed by atoms with Gasteiger partial charge in [-0.05, 0) is 13.0 Å². The van der Waals surface area contributed by atoms with Crippen LogP contribution in [0.1, 0.15) is 13.3 Å². The summed E-state index contributed by atoms with van der Waals surface area (Å²) >= 11 is 0. The molecule has 2 unspecified atom stereocenters. The molecule has 1 heterocycles. The molecule has 2 rings (SSSR count). The Morgan fingerprint density at radius 3 is 2.92 bits per heavy atom. The van der Waals surface area contributed by atoms with Gasteiger partial charge in [0.15, 0.2) is 6.35 Å². The highest BCUT2D eigenvalue weighted by Crippen LogP contribution is 2.53. The van der Waals surface area contributed by atoms with E-state index in [-0.39, 0.29) is 6.04 Å². The summed E-state index contributed by atoms with van der Waals surface area (Å²) in [6.45, 7) is 1.57. The monoisotopic (exact) mass is 362 g/mol. The third-order valence-corrected chi connectivity index (χ3v) is 4.39. The smallest absolute Gasteiger partial charge is 0.351 e. The van der Waals surface area contributed by atoms with E-state index in [9.17, 15) is 14.2 Å². The zero-order valence-corrected chi connectivity index (χ0v) is 14.1. The molecule has 2 amide bonds. The molecule has 11 nitrogen and oxygen atoms in total. The topological polar surface area (TPSA) is 162 Å². The van der Waals surface area contributed by atoms with E-state index < -0.39 is 25.6 Å². The predicted octanol–water partition coefficient (Wildman–Crippen LogP) is -2.73. The van der Waals surface area contributed by atoms with Crippen LogP contribution < -0.4 is 16.7 Å². The van der Waals surface area contributed by atoms with Crippen LogP contribution in [0.4, 0.5) is 0 Å². The second-order valence-corrected chi connectivity index (χ2v) is 7.22. The van der Waals surface area contributed by atoms with Crippen LogP contribution in [-0.4, -0.2) is 57.2 Å². The van der Waals surface area contributed by atoms with Gasteiger partial charge in [-0.15, -0.1) is 0 Å². The van der Waals surface area contributed by atoms with Crippen molar-refractivity contribution in [3.05, 3.63) is 23.5 Å². The minimum Gasteiger partial charge on any atom is -0.373 e. The third-order valence-electron chi connectivity index (χ3n) is 3.92. The average molecular weight is 362 g/mol. The Bertz CT molecular complexity index is 646. The van der Waals surface area contributed by atoms with Crippen LogP contribution >= 0.6 is 7.60 Å². The molecule has 1 aliphatic heterocycles. The lowest BCUT2D eigenvalue weighted by molar-refractivity contribution is -0.794. The lowest BCUT2D eigenvalue weighted by Crippen LogP contribution is -2.96. The van der Waals surface area contributed by atoms with Crippen molar-refractivity contribution in [3.8, 4) is 0 Å². The molecular formula is C12H21N5O6P+. The highest BCUT2D eigenvalue weighted by Gasteiger charge is 2.68. The average Bonchev–Trinajstić information content (AvgIpc) is 2.91. The van der Waals surface area contributed by atoms with Crippen LogP contribution in [0.5, 0.6) is 0 Å². The number of carbonyl (C=O) groups excluding carboxylic acids is 2. The van der Waals surface area contributed by atoms with Crippen molar-refractivity contribution >= 4 is 19.9 Å². The number of amides is 2. The van der Waals surface area contributed by atoms with Crippen molar-refractivity contribution in [2.75, 3.05) is 13.4 Å². The molecule has 134 valence electrons. The van der Waals surface area contributed by atoms with Crippen LogP contribution in [0, 0.1) is 0 Å². The highest BCUT2D eigenvalue weighted by molar-refractivity contribution is 7.51. The molecule has 0 saturated carbocycles. The van der Waals surface area contributed by atoms with Crippen LogP contribution in [0.25, 0.3) is 0 Å². The van der Waals surface area contributed by atoms with Crippen molar-refractivity contribution in [2.45, 2.75) is 25.1 Å². The third kappa shape index (κ3) is 3.66. The molecule has 0 bridgehead atoms. The van der Waals surface area contributed by atoms with E-state index in [1.165, 1.54) is 5.53 Å². The molecule has 7 N–H and O–H groups in total. The molecule has 1 saturated heterocycles. The fourth-order valence-electron chi connectivity index (χ4n) is 2.73. The van der Waals surface area contributed by atoms with E-state index in [1.807, 2.05) is 11.4 Å². The van der Waals surface area contributed by atoms with E-state index in [2.05, 4.69) is 0 Å². The van der Waals surface area contributed by atoms with Gasteiger partial charge in [-0.2, -0.15) is 16.4 Å². The standard InChI is InChI=1S/C12H20N5O6P/c1-8(11(19)14-6-18)5-16(2)9-3-10-12(4-9,17(10)15-13)23-7-24(20,21)22/h3,5-6,9,15H,4,7,13H2,1-2H3,(H,14,18,19)(H2,20,21,22)/p+1/b8-5-. The van der Waals surface area contributed by atoms with Crippen molar-refractivity contribution in [2.24, 2.45) is 5.84 Å². The van der Waals surface area contributed by atoms with E-state index in [0.717, 1.165) is 5.70 Å². The summed E-state index contributed by atoms with van der Waals surface area (Å²) in [5.74, 6) is 5.00. The number of carbonyl (C=O) groups is 2. The Labute approximate surface area is 138 Å². The summed E-state index contributed by atoms with van der Waals surface area (Å²) in [6, 6.07) is -0.146. The van der Waals surface area contributed by atoms with E-state index in [0.29, 0.717) is 18.4 Å². The number of nitrogens with zero attached hydrogens (tertiary/aromatic N) is 2. The zero-order chi connectivity index (χ0) is 18.1. The van der Waals surface area contributed by atoms with Gasteiger partial charge in [0.1, 0.15) is 5.70 Å². The summed E-state index contributed by atoms with van der Waals surface area (Å²) in [6.07, 6.45) is 3.43. The van der Waals surface area contributed by atoms with Gasteiger partial charge in [-0.25, -0.2) is 0 Å². The van der Waals surface area contributed by atoms with Crippen molar-refractivity contribution < 1.29 is 34.2 Å². The first-order valence-electron chi connectivity index (χ1n) is 7.04. The summed E-state index contributed by atoms with van der Waals surface area (Å²) in [5, 5.41) is 3.65. The fourth-order valence-corrected chi connectivity index (χ4v) is 3.11. The molecule has 0 radical (unpaired) electrons. The quantitative estimate of drug-likeness (QED) is 0.0770. The fraction of sp³-hybridized carbons (Fsp3) is 0.500. The Hall–Kier alpha value is -1.75.